The van der Waals surface area contributed by atoms with Gasteiger partial charge in [-0.3, -0.25) is 4.79 Å². The summed E-state index contributed by atoms with van der Waals surface area (Å²) in [4.78, 5) is 11.8. The maximum absolute atomic E-state index is 12.9. The van der Waals surface area contributed by atoms with E-state index in [1.165, 1.54) is 26.0 Å². The zero-order chi connectivity index (χ0) is 13.0. The Morgan fingerprint density at radius 3 is 2.41 bits per heavy atom. The first kappa shape index (κ1) is 12.7. The standard InChI is InChI=1S/C10H9FINO3S/c1-10(2)9(14)13(17(10,15)16)8-4-3-6(11)5-7(8)12/h3-5H,1-2H3. The van der Waals surface area contributed by atoms with Crippen molar-refractivity contribution in [2.24, 2.45) is 0 Å². The number of carbonyl (C=O) groups is 1. The van der Waals surface area contributed by atoms with Crippen LogP contribution in [0.2, 0.25) is 0 Å². The molecule has 1 heterocycles. The Morgan fingerprint density at radius 1 is 1.35 bits per heavy atom. The second-order valence-electron chi connectivity index (χ2n) is 4.18. The largest absolute Gasteiger partial charge is 0.272 e. The maximum Gasteiger partial charge on any atom is 0.263 e. The number of anilines is 1. The molecule has 0 atom stereocenters. The second-order valence-corrected chi connectivity index (χ2v) is 7.68. The van der Waals surface area contributed by atoms with Crippen molar-refractivity contribution in [3.05, 3.63) is 27.6 Å². The Morgan fingerprint density at radius 2 is 1.94 bits per heavy atom. The number of amides is 1. The van der Waals surface area contributed by atoms with Crippen molar-refractivity contribution in [3.8, 4) is 0 Å². The average Bonchev–Trinajstić information content (AvgIpc) is 2.21. The molecule has 4 nitrogen and oxygen atoms in total. The summed E-state index contributed by atoms with van der Waals surface area (Å²) in [5, 5.41) is 0. The minimum atomic E-state index is -3.68. The average molecular weight is 369 g/mol. The number of sulfonamides is 1. The number of carbonyl (C=O) groups excluding carboxylic acids is 1. The van der Waals surface area contributed by atoms with Crippen molar-refractivity contribution in [2.45, 2.75) is 18.6 Å². The van der Waals surface area contributed by atoms with E-state index in [0.717, 1.165) is 10.4 Å². The van der Waals surface area contributed by atoms with Gasteiger partial charge in [0, 0.05) is 3.57 Å². The van der Waals surface area contributed by atoms with Crippen molar-refractivity contribution in [2.75, 3.05) is 4.31 Å². The van der Waals surface area contributed by atoms with Crippen LogP contribution in [0.1, 0.15) is 13.8 Å². The van der Waals surface area contributed by atoms with Gasteiger partial charge in [-0.2, -0.15) is 0 Å². The fourth-order valence-electron chi connectivity index (χ4n) is 1.54. The van der Waals surface area contributed by atoms with E-state index in [1.54, 1.807) is 22.6 Å². The molecule has 1 aromatic rings. The van der Waals surface area contributed by atoms with E-state index in [9.17, 15) is 17.6 Å². The molecule has 1 aliphatic rings. The predicted molar refractivity (Wildman–Crippen MR) is 69.6 cm³/mol. The van der Waals surface area contributed by atoms with Gasteiger partial charge in [0.2, 0.25) is 0 Å². The molecule has 0 aromatic heterocycles. The highest BCUT2D eigenvalue weighted by molar-refractivity contribution is 14.1. The molecule has 0 radical (unpaired) electrons. The SMILES string of the molecule is CC1(C)C(=O)N(c2ccc(F)cc2I)S1(=O)=O. The van der Waals surface area contributed by atoms with Crippen LogP contribution in [0, 0.1) is 9.39 Å². The number of rotatable bonds is 1. The number of halogens is 2. The fourth-order valence-corrected chi connectivity index (χ4v) is 3.92. The number of nitrogens with zero attached hydrogens (tertiary/aromatic N) is 1. The Labute approximate surface area is 112 Å². The summed E-state index contributed by atoms with van der Waals surface area (Å²) < 4.78 is 36.5. The lowest BCUT2D eigenvalue weighted by atomic mass is 10.1. The van der Waals surface area contributed by atoms with Gasteiger partial charge in [0.05, 0.1) is 5.69 Å². The van der Waals surface area contributed by atoms with Gasteiger partial charge in [0.1, 0.15) is 5.82 Å². The van der Waals surface area contributed by atoms with Gasteiger partial charge in [0.25, 0.3) is 15.9 Å². The molecular formula is C10H9FINO3S. The molecule has 0 spiro atoms. The van der Waals surface area contributed by atoms with Crippen LogP contribution < -0.4 is 4.31 Å². The Bertz CT molecular complexity index is 612. The summed E-state index contributed by atoms with van der Waals surface area (Å²) in [6, 6.07) is 3.61. The van der Waals surface area contributed by atoms with Gasteiger partial charge in [-0.15, -0.1) is 0 Å². The van der Waals surface area contributed by atoms with E-state index in [-0.39, 0.29) is 5.69 Å². The van der Waals surface area contributed by atoms with E-state index < -0.39 is 26.5 Å². The van der Waals surface area contributed by atoms with Crippen LogP contribution in [0.15, 0.2) is 18.2 Å². The first-order valence-corrected chi connectivity index (χ1v) is 7.26. The van der Waals surface area contributed by atoms with Gasteiger partial charge in [-0.1, -0.05) is 0 Å². The molecule has 1 amide bonds. The van der Waals surface area contributed by atoms with Crippen molar-refractivity contribution < 1.29 is 17.6 Å². The van der Waals surface area contributed by atoms with Crippen molar-refractivity contribution in [3.63, 3.8) is 0 Å². The summed E-state index contributed by atoms with van der Waals surface area (Å²) in [7, 11) is -3.68. The van der Waals surface area contributed by atoms with Gasteiger partial charge < -0.3 is 0 Å². The molecule has 0 aliphatic carbocycles. The number of benzene rings is 1. The van der Waals surface area contributed by atoms with Crippen LogP contribution in [0.5, 0.6) is 0 Å². The molecule has 0 unspecified atom stereocenters. The normalized spacial score (nSPS) is 21.2. The first-order chi connectivity index (χ1) is 7.69. The molecule has 17 heavy (non-hydrogen) atoms. The molecule has 0 N–H and O–H groups in total. The molecule has 0 saturated carbocycles. The monoisotopic (exact) mass is 369 g/mol. The Kier molecular flexibility index (Phi) is 2.73. The molecule has 92 valence electrons. The third-order valence-corrected chi connectivity index (χ3v) is 5.88. The molecule has 2 rings (SSSR count). The van der Waals surface area contributed by atoms with E-state index >= 15 is 0 Å². The molecule has 7 heteroatoms. The molecule has 1 aromatic carbocycles. The van der Waals surface area contributed by atoms with Gasteiger partial charge in [-0.25, -0.2) is 17.1 Å². The second kappa shape index (κ2) is 3.64. The zero-order valence-corrected chi connectivity index (χ0v) is 12.0. The fraction of sp³-hybridized carbons (Fsp3) is 0.300. The van der Waals surface area contributed by atoms with Crippen molar-refractivity contribution >= 4 is 44.2 Å². The van der Waals surface area contributed by atoms with Crippen LogP contribution in [0.25, 0.3) is 0 Å². The van der Waals surface area contributed by atoms with Crippen LogP contribution in [0.4, 0.5) is 10.1 Å². The van der Waals surface area contributed by atoms with E-state index in [1.807, 2.05) is 0 Å². The maximum atomic E-state index is 12.9. The van der Waals surface area contributed by atoms with Crippen molar-refractivity contribution in [1.29, 1.82) is 0 Å². The lowest BCUT2D eigenvalue weighted by Gasteiger charge is -2.43. The van der Waals surface area contributed by atoms with Gasteiger partial charge in [-0.05, 0) is 54.6 Å². The highest BCUT2D eigenvalue weighted by Gasteiger charge is 2.61. The highest BCUT2D eigenvalue weighted by atomic mass is 127. The smallest absolute Gasteiger partial charge is 0.263 e. The molecule has 1 saturated heterocycles. The van der Waals surface area contributed by atoms with E-state index in [4.69, 9.17) is 0 Å². The number of hydrogen-bond acceptors (Lipinski definition) is 3. The highest BCUT2D eigenvalue weighted by Crippen LogP contribution is 2.40. The predicted octanol–water partition coefficient (Wildman–Crippen LogP) is 1.89. The van der Waals surface area contributed by atoms with Crippen LogP contribution in [0.3, 0.4) is 0 Å². The van der Waals surface area contributed by atoms with Crippen LogP contribution in [-0.2, 0) is 14.8 Å². The summed E-state index contributed by atoms with van der Waals surface area (Å²) >= 11 is 1.80. The van der Waals surface area contributed by atoms with E-state index in [2.05, 4.69) is 0 Å². The Hall–Kier alpha value is -0.700. The van der Waals surface area contributed by atoms with Gasteiger partial charge >= 0.3 is 0 Å². The van der Waals surface area contributed by atoms with Crippen LogP contribution >= 0.6 is 22.6 Å². The number of hydrogen-bond donors (Lipinski definition) is 0. The minimum Gasteiger partial charge on any atom is -0.272 e. The minimum absolute atomic E-state index is 0.205. The lowest BCUT2D eigenvalue weighted by molar-refractivity contribution is -0.120. The Balaban J connectivity index is 2.55. The third-order valence-electron chi connectivity index (χ3n) is 2.71. The lowest BCUT2D eigenvalue weighted by Crippen LogP contribution is -2.67. The molecule has 1 aliphatic heterocycles. The van der Waals surface area contributed by atoms with Crippen molar-refractivity contribution in [1.82, 2.24) is 0 Å². The third kappa shape index (κ3) is 1.59. The zero-order valence-electron chi connectivity index (χ0n) is 9.07. The first-order valence-electron chi connectivity index (χ1n) is 4.74. The van der Waals surface area contributed by atoms with Crippen LogP contribution in [-0.4, -0.2) is 19.1 Å². The summed E-state index contributed by atoms with van der Waals surface area (Å²) in [6.07, 6.45) is 0. The van der Waals surface area contributed by atoms with E-state index in [0.29, 0.717) is 3.57 Å². The summed E-state index contributed by atoms with van der Waals surface area (Å²) in [5.41, 5.74) is 0.205. The molecular weight excluding hydrogens is 360 g/mol. The quantitative estimate of drug-likeness (QED) is 0.711. The van der Waals surface area contributed by atoms with Gasteiger partial charge in [0.15, 0.2) is 4.75 Å². The topological polar surface area (TPSA) is 54.5 Å². The molecule has 1 fully saturated rings. The molecule has 0 bridgehead atoms. The summed E-state index contributed by atoms with van der Waals surface area (Å²) in [6.45, 7) is 2.72. The summed E-state index contributed by atoms with van der Waals surface area (Å²) in [5.74, 6) is -0.968.